The van der Waals surface area contributed by atoms with Crippen molar-refractivity contribution in [1.29, 1.82) is 0 Å². The molecule has 98 valence electrons. The Kier molecular flexibility index (Phi) is 4.07. The summed E-state index contributed by atoms with van der Waals surface area (Å²) in [6.07, 6.45) is 2.48. The molecule has 1 N–H and O–H groups in total. The molecule has 1 atom stereocenters. The van der Waals surface area contributed by atoms with Gasteiger partial charge in [0.15, 0.2) is 5.11 Å². The molecular formula is C14H20N2OS. The Labute approximate surface area is 114 Å². The molecule has 0 aliphatic heterocycles. The lowest BCUT2D eigenvalue weighted by Crippen LogP contribution is -2.39. The van der Waals surface area contributed by atoms with Crippen molar-refractivity contribution in [3.63, 3.8) is 0 Å². The smallest absolute Gasteiger partial charge is 0.169 e. The summed E-state index contributed by atoms with van der Waals surface area (Å²) >= 11 is 5.41. The van der Waals surface area contributed by atoms with Crippen LogP contribution < -0.4 is 10.1 Å². The fourth-order valence-electron chi connectivity index (χ4n) is 1.79. The van der Waals surface area contributed by atoms with Crippen LogP contribution in [-0.4, -0.2) is 30.2 Å². The fourth-order valence-corrected chi connectivity index (χ4v) is 2.11. The van der Waals surface area contributed by atoms with Crippen molar-refractivity contribution < 1.29 is 4.74 Å². The van der Waals surface area contributed by atoms with E-state index in [1.54, 1.807) is 7.11 Å². The van der Waals surface area contributed by atoms with Crippen LogP contribution in [0.2, 0.25) is 0 Å². The predicted molar refractivity (Wildman–Crippen MR) is 77.9 cm³/mol. The van der Waals surface area contributed by atoms with Crippen LogP contribution in [0.5, 0.6) is 5.75 Å². The number of ether oxygens (including phenoxy) is 1. The van der Waals surface area contributed by atoms with E-state index in [2.05, 4.69) is 29.3 Å². The summed E-state index contributed by atoms with van der Waals surface area (Å²) < 4.78 is 5.17. The van der Waals surface area contributed by atoms with Gasteiger partial charge in [-0.2, -0.15) is 0 Å². The van der Waals surface area contributed by atoms with Crippen molar-refractivity contribution in [2.24, 2.45) is 0 Å². The summed E-state index contributed by atoms with van der Waals surface area (Å²) in [7, 11) is 3.71. The van der Waals surface area contributed by atoms with Crippen LogP contribution in [-0.2, 0) is 0 Å². The molecule has 1 saturated carbocycles. The Hall–Kier alpha value is -1.29. The lowest BCUT2D eigenvalue weighted by Gasteiger charge is -2.28. The van der Waals surface area contributed by atoms with Gasteiger partial charge in [0.2, 0.25) is 0 Å². The maximum Gasteiger partial charge on any atom is 0.169 e. The van der Waals surface area contributed by atoms with Gasteiger partial charge in [0.05, 0.1) is 13.2 Å². The summed E-state index contributed by atoms with van der Waals surface area (Å²) in [5.41, 5.74) is 1.23. The quantitative estimate of drug-likeness (QED) is 0.845. The zero-order chi connectivity index (χ0) is 13.1. The third-order valence-corrected chi connectivity index (χ3v) is 3.81. The standard InChI is InChI=1S/C14H20N2OS/c1-10(11-4-8-13(17-3)9-5-11)16(2)14(18)15-12-6-7-12/h4-5,8-10,12H,6-7H2,1-3H3,(H,15,18). The van der Waals surface area contributed by atoms with Gasteiger partial charge in [-0.3, -0.25) is 0 Å². The third kappa shape index (κ3) is 3.13. The molecule has 0 spiro atoms. The minimum atomic E-state index is 0.259. The van der Waals surface area contributed by atoms with E-state index in [0.717, 1.165) is 10.9 Å². The number of thiocarbonyl (C=S) groups is 1. The van der Waals surface area contributed by atoms with Gasteiger partial charge in [-0.15, -0.1) is 0 Å². The minimum absolute atomic E-state index is 0.259. The van der Waals surface area contributed by atoms with Gasteiger partial charge in [0, 0.05) is 13.1 Å². The highest BCUT2D eigenvalue weighted by molar-refractivity contribution is 7.80. The van der Waals surface area contributed by atoms with E-state index in [1.807, 2.05) is 19.2 Å². The second-order valence-corrected chi connectivity index (χ2v) is 5.17. The largest absolute Gasteiger partial charge is 0.497 e. The van der Waals surface area contributed by atoms with Crippen molar-refractivity contribution in [3.05, 3.63) is 29.8 Å². The van der Waals surface area contributed by atoms with E-state index < -0.39 is 0 Å². The van der Waals surface area contributed by atoms with Crippen LogP contribution in [0.3, 0.4) is 0 Å². The summed E-state index contributed by atoms with van der Waals surface area (Å²) in [6, 6.07) is 8.99. The Bertz CT molecular complexity index is 414. The molecule has 0 bridgehead atoms. The van der Waals surface area contributed by atoms with E-state index in [0.29, 0.717) is 6.04 Å². The summed E-state index contributed by atoms with van der Waals surface area (Å²) in [6.45, 7) is 2.16. The number of hydrogen-bond acceptors (Lipinski definition) is 2. The fraction of sp³-hybridized carbons (Fsp3) is 0.500. The maximum atomic E-state index is 5.41. The van der Waals surface area contributed by atoms with Crippen LogP contribution in [0.25, 0.3) is 0 Å². The molecule has 1 unspecified atom stereocenters. The van der Waals surface area contributed by atoms with Gasteiger partial charge in [-0.05, 0) is 49.7 Å². The van der Waals surface area contributed by atoms with Gasteiger partial charge in [0.25, 0.3) is 0 Å². The number of methoxy groups -OCH3 is 1. The number of hydrogen-bond donors (Lipinski definition) is 1. The molecule has 18 heavy (non-hydrogen) atoms. The SMILES string of the molecule is COc1ccc(C(C)N(C)C(=S)NC2CC2)cc1. The monoisotopic (exact) mass is 264 g/mol. The Morgan fingerprint density at radius 3 is 2.50 bits per heavy atom. The molecule has 1 fully saturated rings. The number of rotatable bonds is 4. The first kappa shape index (κ1) is 13.1. The molecule has 1 aromatic carbocycles. The van der Waals surface area contributed by atoms with Crippen molar-refractivity contribution >= 4 is 17.3 Å². The van der Waals surface area contributed by atoms with E-state index in [-0.39, 0.29) is 6.04 Å². The molecule has 4 heteroatoms. The maximum absolute atomic E-state index is 5.41. The number of nitrogens with one attached hydrogen (secondary N) is 1. The molecule has 0 saturated heterocycles. The zero-order valence-electron chi connectivity index (χ0n) is 11.1. The summed E-state index contributed by atoms with van der Waals surface area (Å²) in [5, 5.41) is 4.19. The summed E-state index contributed by atoms with van der Waals surface area (Å²) in [5.74, 6) is 0.882. The van der Waals surface area contributed by atoms with E-state index in [9.17, 15) is 0 Å². The van der Waals surface area contributed by atoms with Gasteiger partial charge >= 0.3 is 0 Å². The van der Waals surface area contributed by atoms with Gasteiger partial charge in [0.1, 0.15) is 5.75 Å². The van der Waals surface area contributed by atoms with Crippen LogP contribution in [0.15, 0.2) is 24.3 Å². The molecule has 3 nitrogen and oxygen atoms in total. The van der Waals surface area contributed by atoms with E-state index >= 15 is 0 Å². The topological polar surface area (TPSA) is 24.5 Å². The highest BCUT2D eigenvalue weighted by Crippen LogP contribution is 2.23. The molecular weight excluding hydrogens is 244 g/mol. The van der Waals surface area contributed by atoms with Gasteiger partial charge in [-0.25, -0.2) is 0 Å². The molecule has 0 heterocycles. The van der Waals surface area contributed by atoms with Crippen molar-refractivity contribution in [3.8, 4) is 5.75 Å². The lowest BCUT2D eigenvalue weighted by molar-refractivity contribution is 0.393. The first-order chi connectivity index (χ1) is 8.61. The van der Waals surface area contributed by atoms with Crippen LogP contribution >= 0.6 is 12.2 Å². The van der Waals surface area contributed by atoms with Crippen LogP contribution in [0.4, 0.5) is 0 Å². The average Bonchev–Trinajstić information content (AvgIpc) is 3.21. The van der Waals surface area contributed by atoms with Crippen molar-refractivity contribution in [2.45, 2.75) is 31.8 Å². The first-order valence-corrected chi connectivity index (χ1v) is 6.70. The Morgan fingerprint density at radius 1 is 1.39 bits per heavy atom. The zero-order valence-corrected chi connectivity index (χ0v) is 12.0. The highest BCUT2D eigenvalue weighted by Gasteiger charge is 2.24. The third-order valence-electron chi connectivity index (χ3n) is 3.40. The average molecular weight is 264 g/mol. The number of nitrogens with zero attached hydrogens (tertiary/aromatic N) is 1. The Morgan fingerprint density at radius 2 is 2.00 bits per heavy atom. The van der Waals surface area contributed by atoms with E-state index in [1.165, 1.54) is 18.4 Å². The number of benzene rings is 1. The predicted octanol–water partition coefficient (Wildman–Crippen LogP) is 2.72. The summed E-state index contributed by atoms with van der Waals surface area (Å²) in [4.78, 5) is 2.11. The highest BCUT2D eigenvalue weighted by atomic mass is 32.1. The van der Waals surface area contributed by atoms with E-state index in [4.69, 9.17) is 17.0 Å². The minimum Gasteiger partial charge on any atom is -0.497 e. The normalized spacial score (nSPS) is 15.9. The van der Waals surface area contributed by atoms with Gasteiger partial charge in [-0.1, -0.05) is 12.1 Å². The second-order valence-electron chi connectivity index (χ2n) is 4.78. The van der Waals surface area contributed by atoms with Crippen molar-refractivity contribution in [2.75, 3.05) is 14.2 Å². The van der Waals surface area contributed by atoms with Crippen LogP contribution in [0.1, 0.15) is 31.4 Å². The molecule has 0 amide bonds. The Balaban J connectivity index is 1.99. The van der Waals surface area contributed by atoms with Crippen molar-refractivity contribution in [1.82, 2.24) is 10.2 Å². The molecule has 1 aromatic rings. The van der Waals surface area contributed by atoms with Crippen LogP contribution in [0, 0.1) is 0 Å². The molecule has 2 rings (SSSR count). The molecule has 0 aromatic heterocycles. The second kappa shape index (κ2) is 5.57. The lowest BCUT2D eigenvalue weighted by atomic mass is 10.1. The van der Waals surface area contributed by atoms with Gasteiger partial charge < -0.3 is 15.0 Å². The first-order valence-electron chi connectivity index (χ1n) is 6.29. The molecule has 1 aliphatic carbocycles. The molecule has 0 radical (unpaired) electrons. The molecule has 1 aliphatic rings.